The van der Waals surface area contributed by atoms with Crippen molar-refractivity contribution in [1.29, 1.82) is 0 Å². The summed E-state index contributed by atoms with van der Waals surface area (Å²) >= 11 is 12.0. The lowest BCUT2D eigenvalue weighted by Gasteiger charge is -2.38. The van der Waals surface area contributed by atoms with Gasteiger partial charge in [0.15, 0.2) is 5.78 Å². The molecule has 116 valence electrons. The van der Waals surface area contributed by atoms with Crippen molar-refractivity contribution < 1.29 is 4.79 Å². The van der Waals surface area contributed by atoms with Crippen LogP contribution in [0.25, 0.3) is 0 Å². The maximum Gasteiger partial charge on any atom is 0.178 e. The second-order valence-corrected chi connectivity index (χ2v) is 7.81. The number of nitrogens with zero attached hydrogens (tertiary/aromatic N) is 1. The van der Waals surface area contributed by atoms with Gasteiger partial charge in [-0.3, -0.25) is 9.69 Å². The molecule has 1 saturated heterocycles. The number of carbonyl (C=O) groups is 1. The first kappa shape index (κ1) is 16.8. The molecule has 0 atom stereocenters. The largest absolute Gasteiger partial charge is 0.296 e. The van der Waals surface area contributed by atoms with E-state index in [1.807, 2.05) is 0 Å². The molecule has 1 heterocycles. The van der Waals surface area contributed by atoms with Crippen LogP contribution in [-0.4, -0.2) is 30.3 Å². The van der Waals surface area contributed by atoms with Gasteiger partial charge in [0, 0.05) is 10.6 Å². The molecule has 0 aliphatic carbocycles. The maximum absolute atomic E-state index is 12.4. The number of hydrogen-bond donors (Lipinski definition) is 0. The zero-order chi connectivity index (χ0) is 15.6. The second kappa shape index (κ2) is 6.68. The average molecular weight is 328 g/mol. The Bertz CT molecular complexity index is 514. The van der Waals surface area contributed by atoms with E-state index in [4.69, 9.17) is 23.2 Å². The molecule has 0 saturated carbocycles. The summed E-state index contributed by atoms with van der Waals surface area (Å²) in [7, 11) is 0. The number of carbonyl (C=O) groups excluding carboxylic acids is 1. The van der Waals surface area contributed by atoms with Crippen molar-refractivity contribution in [2.45, 2.75) is 33.6 Å². The highest BCUT2D eigenvalue weighted by Crippen LogP contribution is 2.34. The molecule has 0 aromatic heterocycles. The van der Waals surface area contributed by atoms with E-state index in [9.17, 15) is 4.79 Å². The molecule has 1 aromatic carbocycles. The summed E-state index contributed by atoms with van der Waals surface area (Å²) in [6.45, 7) is 9.31. The first-order valence-electron chi connectivity index (χ1n) is 7.48. The molecule has 1 fully saturated rings. The van der Waals surface area contributed by atoms with Crippen LogP contribution in [0.2, 0.25) is 10.0 Å². The molecule has 1 aromatic rings. The van der Waals surface area contributed by atoms with Crippen LogP contribution in [0.1, 0.15) is 44.0 Å². The molecule has 0 unspecified atom stereocenters. The van der Waals surface area contributed by atoms with Crippen LogP contribution in [0.5, 0.6) is 0 Å². The fraction of sp³-hybridized carbons (Fsp3) is 0.588. The van der Waals surface area contributed by atoms with Gasteiger partial charge in [0.05, 0.1) is 11.6 Å². The lowest BCUT2D eigenvalue weighted by Crippen LogP contribution is -2.40. The quantitative estimate of drug-likeness (QED) is 0.733. The van der Waals surface area contributed by atoms with Crippen LogP contribution in [0, 0.1) is 11.3 Å². The fourth-order valence-electron chi connectivity index (χ4n) is 2.96. The summed E-state index contributed by atoms with van der Waals surface area (Å²) in [4.78, 5) is 14.6. The van der Waals surface area contributed by atoms with Gasteiger partial charge in [-0.2, -0.15) is 0 Å². The lowest BCUT2D eigenvalue weighted by molar-refractivity contribution is 0.0822. The maximum atomic E-state index is 12.4. The number of halogens is 2. The van der Waals surface area contributed by atoms with Gasteiger partial charge in [-0.1, -0.05) is 44.0 Å². The third kappa shape index (κ3) is 4.45. The summed E-state index contributed by atoms with van der Waals surface area (Å²) in [6, 6.07) is 5.06. The SMILES string of the molecule is CC(C)(C)C1CCN(CC(=O)c2ccc(Cl)cc2Cl)CC1. The molecule has 0 spiro atoms. The Morgan fingerprint density at radius 1 is 1.24 bits per heavy atom. The third-order valence-electron chi connectivity index (χ3n) is 4.41. The van der Waals surface area contributed by atoms with Gasteiger partial charge in [-0.15, -0.1) is 0 Å². The Morgan fingerprint density at radius 3 is 2.38 bits per heavy atom. The summed E-state index contributed by atoms with van der Waals surface area (Å²) < 4.78 is 0. The van der Waals surface area contributed by atoms with E-state index in [-0.39, 0.29) is 5.78 Å². The average Bonchev–Trinajstić information content (AvgIpc) is 2.38. The predicted molar refractivity (Wildman–Crippen MR) is 89.4 cm³/mol. The van der Waals surface area contributed by atoms with E-state index in [0.29, 0.717) is 27.6 Å². The van der Waals surface area contributed by atoms with Gasteiger partial charge in [0.25, 0.3) is 0 Å². The monoisotopic (exact) mass is 327 g/mol. The van der Waals surface area contributed by atoms with E-state index in [0.717, 1.165) is 31.8 Å². The fourth-order valence-corrected chi connectivity index (χ4v) is 3.47. The summed E-state index contributed by atoms with van der Waals surface area (Å²) in [5.74, 6) is 0.814. The first-order chi connectivity index (χ1) is 9.77. The Balaban J connectivity index is 1.93. The highest BCUT2D eigenvalue weighted by atomic mass is 35.5. The molecular formula is C17H23Cl2NO. The van der Waals surface area contributed by atoms with Crippen molar-refractivity contribution in [2.24, 2.45) is 11.3 Å². The Labute approximate surface area is 137 Å². The van der Waals surface area contributed by atoms with Crippen molar-refractivity contribution in [3.8, 4) is 0 Å². The number of ketones is 1. The van der Waals surface area contributed by atoms with E-state index in [2.05, 4.69) is 25.7 Å². The minimum Gasteiger partial charge on any atom is -0.296 e. The second-order valence-electron chi connectivity index (χ2n) is 6.96. The Hall–Kier alpha value is -0.570. The van der Waals surface area contributed by atoms with Crippen LogP contribution >= 0.6 is 23.2 Å². The first-order valence-corrected chi connectivity index (χ1v) is 8.23. The van der Waals surface area contributed by atoms with Gasteiger partial charge >= 0.3 is 0 Å². The summed E-state index contributed by atoms with van der Waals surface area (Å²) in [6.07, 6.45) is 2.32. The van der Waals surface area contributed by atoms with Crippen LogP contribution in [0.3, 0.4) is 0 Å². The molecule has 0 bridgehead atoms. The minimum absolute atomic E-state index is 0.0749. The minimum atomic E-state index is 0.0749. The van der Waals surface area contributed by atoms with Crippen LogP contribution in [0.15, 0.2) is 18.2 Å². The van der Waals surface area contributed by atoms with E-state index < -0.39 is 0 Å². The normalized spacial score (nSPS) is 18.0. The van der Waals surface area contributed by atoms with Gasteiger partial charge in [0.1, 0.15) is 0 Å². The Kier molecular flexibility index (Phi) is 5.34. The molecule has 0 radical (unpaired) electrons. The van der Waals surface area contributed by atoms with Crippen molar-refractivity contribution in [3.05, 3.63) is 33.8 Å². The standard InChI is InChI=1S/C17H23Cl2NO/c1-17(2,3)12-6-8-20(9-7-12)11-16(21)14-5-4-13(18)10-15(14)19/h4-5,10,12H,6-9,11H2,1-3H3. The van der Waals surface area contributed by atoms with Crippen LogP contribution < -0.4 is 0 Å². The highest BCUT2D eigenvalue weighted by Gasteiger charge is 2.29. The van der Waals surface area contributed by atoms with Gasteiger partial charge < -0.3 is 0 Å². The number of piperidine rings is 1. The predicted octanol–water partition coefficient (Wildman–Crippen LogP) is 4.93. The summed E-state index contributed by atoms with van der Waals surface area (Å²) in [5, 5.41) is 1.000. The van der Waals surface area contributed by atoms with Gasteiger partial charge in [0.2, 0.25) is 0 Å². The van der Waals surface area contributed by atoms with Crippen molar-refractivity contribution in [1.82, 2.24) is 4.90 Å². The molecular weight excluding hydrogens is 305 g/mol. The molecule has 1 aliphatic rings. The molecule has 1 aliphatic heterocycles. The molecule has 0 N–H and O–H groups in total. The number of Topliss-reactive ketones (excluding diaryl/α,β-unsaturated/α-hetero) is 1. The van der Waals surface area contributed by atoms with Crippen LogP contribution in [0.4, 0.5) is 0 Å². The van der Waals surface area contributed by atoms with E-state index >= 15 is 0 Å². The topological polar surface area (TPSA) is 20.3 Å². The lowest BCUT2D eigenvalue weighted by atomic mass is 9.75. The summed E-state index contributed by atoms with van der Waals surface area (Å²) in [5.41, 5.74) is 0.925. The van der Waals surface area contributed by atoms with Gasteiger partial charge in [-0.05, 0) is 55.5 Å². The molecule has 21 heavy (non-hydrogen) atoms. The smallest absolute Gasteiger partial charge is 0.178 e. The molecule has 2 rings (SSSR count). The van der Waals surface area contributed by atoms with Crippen LogP contribution in [-0.2, 0) is 0 Å². The van der Waals surface area contributed by atoms with Crippen molar-refractivity contribution in [2.75, 3.05) is 19.6 Å². The number of likely N-dealkylation sites (tertiary alicyclic amines) is 1. The van der Waals surface area contributed by atoms with E-state index in [1.54, 1.807) is 18.2 Å². The highest BCUT2D eigenvalue weighted by molar-refractivity contribution is 6.36. The number of hydrogen-bond acceptors (Lipinski definition) is 2. The van der Waals surface area contributed by atoms with E-state index in [1.165, 1.54) is 0 Å². The zero-order valence-electron chi connectivity index (χ0n) is 13.0. The number of rotatable bonds is 3. The molecule has 4 heteroatoms. The molecule has 0 amide bonds. The molecule has 2 nitrogen and oxygen atoms in total. The van der Waals surface area contributed by atoms with Crippen molar-refractivity contribution in [3.63, 3.8) is 0 Å². The van der Waals surface area contributed by atoms with Gasteiger partial charge in [-0.25, -0.2) is 0 Å². The third-order valence-corrected chi connectivity index (χ3v) is 4.96. The van der Waals surface area contributed by atoms with Crippen molar-refractivity contribution >= 4 is 29.0 Å². The number of benzene rings is 1. The Morgan fingerprint density at radius 2 is 1.86 bits per heavy atom. The zero-order valence-corrected chi connectivity index (χ0v) is 14.5.